The van der Waals surface area contributed by atoms with Crippen LogP contribution in [0.2, 0.25) is 0 Å². The average molecular weight is 411 g/mol. The maximum absolute atomic E-state index is 12.2. The van der Waals surface area contributed by atoms with Crippen LogP contribution in [0.1, 0.15) is 96.1 Å². The number of hydrogen-bond donors (Lipinski definition) is 2. The Morgan fingerprint density at radius 2 is 0.933 bits per heavy atom. The van der Waals surface area contributed by atoms with E-state index in [1.807, 2.05) is 13.8 Å². The van der Waals surface area contributed by atoms with Crippen molar-refractivity contribution in [1.29, 1.82) is 0 Å². The van der Waals surface area contributed by atoms with E-state index in [2.05, 4.69) is 0 Å². The summed E-state index contributed by atoms with van der Waals surface area (Å²) in [6.07, 6.45) is 9.16. The molecule has 0 aromatic heterocycles. The molecule has 0 fully saturated rings. The number of carbonyl (C=O) groups excluding carboxylic acids is 2. The Kier molecular flexibility index (Phi) is 9.59. The fourth-order valence-corrected chi connectivity index (χ4v) is 3.65. The molecule has 0 atom stereocenters. The predicted molar refractivity (Wildman–Crippen MR) is 121 cm³/mol. The van der Waals surface area contributed by atoms with E-state index in [0.29, 0.717) is 24.0 Å². The summed E-state index contributed by atoms with van der Waals surface area (Å²) >= 11 is 0. The molecule has 2 aromatic carbocycles. The van der Waals surface area contributed by atoms with Gasteiger partial charge >= 0.3 is 0 Å². The summed E-state index contributed by atoms with van der Waals surface area (Å²) in [4.78, 5) is 24.4. The third kappa shape index (κ3) is 7.66. The first kappa shape index (κ1) is 23.7. The lowest BCUT2D eigenvalue weighted by atomic mass is 10.00. The molecule has 0 radical (unpaired) electrons. The highest BCUT2D eigenvalue weighted by Crippen LogP contribution is 2.22. The minimum absolute atomic E-state index is 0.0144. The van der Waals surface area contributed by atoms with Crippen LogP contribution in [0.4, 0.5) is 0 Å². The Morgan fingerprint density at radius 3 is 1.30 bits per heavy atom. The van der Waals surface area contributed by atoms with Gasteiger partial charge in [0.05, 0.1) is 11.1 Å². The number of aromatic hydroxyl groups is 2. The molecule has 4 heteroatoms. The summed E-state index contributed by atoms with van der Waals surface area (Å²) in [5.74, 6) is 0.171. The number of benzene rings is 2. The smallest absolute Gasteiger partial charge is 0.166 e. The number of phenolic OH excluding ortho intramolecular Hbond substituents is 2. The Morgan fingerprint density at radius 1 is 0.600 bits per heavy atom. The maximum atomic E-state index is 12.2. The van der Waals surface area contributed by atoms with Crippen molar-refractivity contribution in [1.82, 2.24) is 0 Å². The molecule has 0 saturated carbocycles. The highest BCUT2D eigenvalue weighted by Gasteiger charge is 2.12. The van der Waals surface area contributed by atoms with E-state index in [-0.39, 0.29) is 23.1 Å². The molecule has 2 rings (SSSR count). The van der Waals surface area contributed by atoms with Crippen molar-refractivity contribution < 1.29 is 19.8 Å². The fourth-order valence-electron chi connectivity index (χ4n) is 3.65. The largest absolute Gasteiger partial charge is 0.507 e. The molecule has 0 saturated heterocycles. The monoisotopic (exact) mass is 410 g/mol. The van der Waals surface area contributed by atoms with Crippen LogP contribution >= 0.6 is 0 Å². The first-order valence-corrected chi connectivity index (χ1v) is 11.0. The van der Waals surface area contributed by atoms with E-state index in [0.717, 1.165) is 62.5 Å². The van der Waals surface area contributed by atoms with Gasteiger partial charge in [-0.15, -0.1) is 0 Å². The van der Waals surface area contributed by atoms with E-state index < -0.39 is 0 Å². The molecule has 0 heterocycles. The SMILES string of the molecule is Cc1ccc(O)c(C(=O)CCCCCCCCCCC(=O)c2cc(C)ccc2O)c1. The Labute approximate surface area is 180 Å². The zero-order chi connectivity index (χ0) is 21.9. The molecule has 0 unspecified atom stereocenters. The van der Waals surface area contributed by atoms with Crippen LogP contribution in [0.25, 0.3) is 0 Å². The molecule has 0 amide bonds. The quantitative estimate of drug-likeness (QED) is 0.285. The summed E-state index contributed by atoms with van der Waals surface area (Å²) in [6, 6.07) is 10.3. The first-order chi connectivity index (χ1) is 14.4. The number of Topliss-reactive ketones (excluding diaryl/α,β-unsaturated/α-hetero) is 2. The third-order valence-corrected chi connectivity index (χ3v) is 5.46. The van der Waals surface area contributed by atoms with Crippen molar-refractivity contribution in [3.05, 3.63) is 58.7 Å². The van der Waals surface area contributed by atoms with Gasteiger partial charge in [0.25, 0.3) is 0 Å². The Hall–Kier alpha value is -2.62. The van der Waals surface area contributed by atoms with Crippen LogP contribution in [0.5, 0.6) is 11.5 Å². The summed E-state index contributed by atoms with van der Waals surface area (Å²) in [5.41, 5.74) is 2.83. The van der Waals surface area contributed by atoms with Crippen molar-refractivity contribution in [2.75, 3.05) is 0 Å². The highest BCUT2D eigenvalue weighted by molar-refractivity contribution is 5.99. The van der Waals surface area contributed by atoms with E-state index in [1.54, 1.807) is 36.4 Å². The van der Waals surface area contributed by atoms with Gasteiger partial charge in [-0.05, 0) is 51.0 Å². The lowest BCUT2D eigenvalue weighted by molar-refractivity contribution is 0.0967. The van der Waals surface area contributed by atoms with Crippen molar-refractivity contribution in [2.45, 2.75) is 78.1 Å². The van der Waals surface area contributed by atoms with Gasteiger partial charge in [-0.3, -0.25) is 9.59 Å². The van der Waals surface area contributed by atoms with Crippen LogP contribution in [0, 0.1) is 13.8 Å². The predicted octanol–water partition coefficient (Wildman–Crippen LogP) is 6.68. The number of carbonyl (C=O) groups is 2. The Balaban J connectivity index is 1.51. The van der Waals surface area contributed by atoms with Crippen LogP contribution in [-0.4, -0.2) is 21.8 Å². The number of phenols is 2. The maximum Gasteiger partial charge on any atom is 0.166 e. The lowest BCUT2D eigenvalue weighted by Gasteiger charge is -2.06. The van der Waals surface area contributed by atoms with Gasteiger partial charge in [0, 0.05) is 12.8 Å². The molecule has 0 spiro atoms. The van der Waals surface area contributed by atoms with Gasteiger partial charge in [0.1, 0.15) is 11.5 Å². The molecule has 0 aliphatic rings. The Bertz CT molecular complexity index is 783. The van der Waals surface area contributed by atoms with E-state index in [9.17, 15) is 19.8 Å². The van der Waals surface area contributed by atoms with Gasteiger partial charge in [-0.25, -0.2) is 0 Å². The molecular formula is C26H34O4. The molecule has 0 bridgehead atoms. The molecule has 162 valence electrons. The van der Waals surface area contributed by atoms with Crippen LogP contribution < -0.4 is 0 Å². The average Bonchev–Trinajstić information content (AvgIpc) is 2.72. The van der Waals surface area contributed by atoms with Gasteiger partial charge in [0.15, 0.2) is 11.6 Å². The highest BCUT2D eigenvalue weighted by atomic mass is 16.3. The summed E-state index contributed by atoms with van der Waals surface area (Å²) in [7, 11) is 0. The molecule has 2 N–H and O–H groups in total. The van der Waals surface area contributed by atoms with Crippen LogP contribution in [-0.2, 0) is 0 Å². The molecular weight excluding hydrogens is 376 g/mol. The lowest BCUT2D eigenvalue weighted by Crippen LogP contribution is -2.00. The normalized spacial score (nSPS) is 10.9. The third-order valence-electron chi connectivity index (χ3n) is 5.46. The second kappa shape index (κ2) is 12.2. The topological polar surface area (TPSA) is 74.6 Å². The molecule has 2 aromatic rings. The van der Waals surface area contributed by atoms with Crippen LogP contribution in [0.3, 0.4) is 0 Å². The van der Waals surface area contributed by atoms with Gasteiger partial charge in [0.2, 0.25) is 0 Å². The van der Waals surface area contributed by atoms with Crippen molar-refractivity contribution in [2.24, 2.45) is 0 Å². The standard InChI is InChI=1S/C26H34O4/c1-19-13-15-25(29)21(17-19)23(27)11-9-7-5-3-4-6-8-10-12-24(28)22-18-20(2)14-16-26(22)30/h13-18,29-30H,3-12H2,1-2H3. The number of unbranched alkanes of at least 4 members (excludes halogenated alkanes) is 7. The second-order valence-corrected chi connectivity index (χ2v) is 8.22. The van der Waals surface area contributed by atoms with E-state index >= 15 is 0 Å². The minimum Gasteiger partial charge on any atom is -0.507 e. The van der Waals surface area contributed by atoms with Gasteiger partial charge < -0.3 is 10.2 Å². The zero-order valence-corrected chi connectivity index (χ0v) is 18.2. The number of hydrogen-bond acceptors (Lipinski definition) is 4. The number of aryl methyl sites for hydroxylation is 2. The van der Waals surface area contributed by atoms with Crippen molar-refractivity contribution in [3.8, 4) is 11.5 Å². The van der Waals surface area contributed by atoms with E-state index in [4.69, 9.17) is 0 Å². The molecule has 30 heavy (non-hydrogen) atoms. The summed E-state index contributed by atoms with van der Waals surface area (Å²) in [5, 5.41) is 19.6. The van der Waals surface area contributed by atoms with Gasteiger partial charge in [-0.1, -0.05) is 61.8 Å². The minimum atomic E-state index is 0.0144. The van der Waals surface area contributed by atoms with Crippen molar-refractivity contribution >= 4 is 11.6 Å². The first-order valence-electron chi connectivity index (χ1n) is 11.0. The number of ketones is 2. The zero-order valence-electron chi connectivity index (χ0n) is 18.2. The van der Waals surface area contributed by atoms with Crippen molar-refractivity contribution in [3.63, 3.8) is 0 Å². The van der Waals surface area contributed by atoms with Gasteiger partial charge in [-0.2, -0.15) is 0 Å². The summed E-state index contributed by atoms with van der Waals surface area (Å²) in [6.45, 7) is 3.83. The molecule has 0 aliphatic heterocycles. The summed E-state index contributed by atoms with van der Waals surface area (Å²) < 4.78 is 0. The number of rotatable bonds is 13. The van der Waals surface area contributed by atoms with Crippen LogP contribution in [0.15, 0.2) is 36.4 Å². The fraction of sp³-hybridized carbons (Fsp3) is 0.462. The molecule has 4 nitrogen and oxygen atoms in total. The second-order valence-electron chi connectivity index (χ2n) is 8.22. The van der Waals surface area contributed by atoms with E-state index in [1.165, 1.54) is 0 Å². The molecule has 0 aliphatic carbocycles.